The Morgan fingerprint density at radius 3 is 1.82 bits per heavy atom. The van der Waals surface area contributed by atoms with Crippen LogP contribution >= 0.6 is 0 Å². The van der Waals surface area contributed by atoms with E-state index >= 15 is 0 Å². The molecule has 7 nitrogen and oxygen atoms in total. The number of anilines is 2. The van der Waals surface area contributed by atoms with Gasteiger partial charge in [-0.1, -0.05) is 31.5 Å². The summed E-state index contributed by atoms with van der Waals surface area (Å²) >= 11 is 0. The van der Waals surface area contributed by atoms with Crippen LogP contribution in [0, 0.1) is 12.8 Å². The predicted octanol–water partition coefficient (Wildman–Crippen LogP) is 2.90. The average Bonchev–Trinajstić information content (AvgIpc) is 2.61. The van der Waals surface area contributed by atoms with Crippen molar-refractivity contribution in [3.05, 3.63) is 54.1 Å². The van der Waals surface area contributed by atoms with Crippen molar-refractivity contribution in [3.8, 4) is 0 Å². The minimum atomic E-state index is -3.84. The minimum absolute atomic E-state index is 0.108. The summed E-state index contributed by atoms with van der Waals surface area (Å²) < 4.78 is 27.8. The number of aryl methyl sites for hydroxylation is 1. The Bertz CT molecular complexity index is 936. The Hall–Kier alpha value is -2.71. The molecule has 3 N–H and O–H groups in total. The second kappa shape index (κ2) is 8.99. The van der Waals surface area contributed by atoms with Gasteiger partial charge in [-0.05, 0) is 49.2 Å². The molecule has 0 aliphatic carbocycles. The van der Waals surface area contributed by atoms with E-state index in [0.29, 0.717) is 11.4 Å². The van der Waals surface area contributed by atoms with Crippen LogP contribution in [0.15, 0.2) is 53.4 Å². The largest absolute Gasteiger partial charge is 0.326 e. The highest BCUT2D eigenvalue weighted by Crippen LogP contribution is 2.17. The fraction of sp³-hybridized carbons (Fsp3) is 0.300. The molecule has 0 radical (unpaired) electrons. The molecule has 2 aromatic carbocycles. The molecule has 8 heteroatoms. The van der Waals surface area contributed by atoms with Gasteiger partial charge in [-0.2, -0.15) is 4.72 Å². The fourth-order valence-electron chi connectivity index (χ4n) is 2.51. The lowest BCUT2D eigenvalue weighted by Crippen LogP contribution is -2.47. The summed E-state index contributed by atoms with van der Waals surface area (Å²) in [7, 11) is -3.84. The van der Waals surface area contributed by atoms with Crippen LogP contribution in [0.5, 0.6) is 0 Å². The highest BCUT2D eigenvalue weighted by Gasteiger charge is 2.28. The molecule has 0 spiro atoms. The summed E-state index contributed by atoms with van der Waals surface area (Å²) in [6.45, 7) is 6.80. The molecule has 2 aromatic rings. The number of hydrogen-bond acceptors (Lipinski definition) is 4. The summed E-state index contributed by atoms with van der Waals surface area (Å²) in [6, 6.07) is 12.0. The molecular formula is C20H25N3O4S. The van der Waals surface area contributed by atoms with Crippen molar-refractivity contribution in [1.82, 2.24) is 4.72 Å². The van der Waals surface area contributed by atoms with E-state index in [-0.39, 0.29) is 16.7 Å². The van der Waals surface area contributed by atoms with Gasteiger partial charge in [0, 0.05) is 18.3 Å². The van der Waals surface area contributed by atoms with Gasteiger partial charge in [0.25, 0.3) is 0 Å². The third-order valence-electron chi connectivity index (χ3n) is 4.04. The van der Waals surface area contributed by atoms with Crippen LogP contribution in [0.2, 0.25) is 0 Å². The van der Waals surface area contributed by atoms with Crippen molar-refractivity contribution >= 4 is 33.2 Å². The first-order chi connectivity index (χ1) is 13.1. The zero-order valence-electron chi connectivity index (χ0n) is 16.3. The Morgan fingerprint density at radius 1 is 0.857 bits per heavy atom. The normalized spacial score (nSPS) is 12.5. The monoisotopic (exact) mass is 403 g/mol. The SMILES string of the molecule is CC(=O)Nc1ccc(NC(=O)[C@H](NS(=O)(=O)c2ccc(C)cc2)C(C)C)cc1. The van der Waals surface area contributed by atoms with E-state index in [9.17, 15) is 18.0 Å². The number of carbonyl (C=O) groups is 2. The fourth-order valence-corrected chi connectivity index (χ4v) is 3.85. The molecular weight excluding hydrogens is 378 g/mol. The van der Waals surface area contributed by atoms with Gasteiger partial charge >= 0.3 is 0 Å². The smallest absolute Gasteiger partial charge is 0.242 e. The summed E-state index contributed by atoms with van der Waals surface area (Å²) in [5.74, 6) is -0.918. The van der Waals surface area contributed by atoms with E-state index in [1.807, 2.05) is 6.92 Å². The third-order valence-corrected chi connectivity index (χ3v) is 5.49. The van der Waals surface area contributed by atoms with E-state index in [1.54, 1.807) is 50.2 Å². The Balaban J connectivity index is 2.13. The number of hydrogen-bond donors (Lipinski definition) is 3. The molecule has 0 aliphatic rings. The predicted molar refractivity (Wildman–Crippen MR) is 110 cm³/mol. The molecule has 2 amide bonds. The van der Waals surface area contributed by atoms with Crippen molar-refractivity contribution in [1.29, 1.82) is 0 Å². The van der Waals surface area contributed by atoms with E-state index in [0.717, 1.165) is 5.56 Å². The first-order valence-electron chi connectivity index (χ1n) is 8.86. The van der Waals surface area contributed by atoms with E-state index in [2.05, 4.69) is 15.4 Å². The topological polar surface area (TPSA) is 104 Å². The Labute approximate surface area is 165 Å². The number of rotatable bonds is 7. The van der Waals surface area contributed by atoms with Crippen molar-refractivity contribution in [2.75, 3.05) is 10.6 Å². The number of carbonyl (C=O) groups excluding carboxylic acids is 2. The Kier molecular flexibility index (Phi) is 6.93. The molecule has 0 saturated heterocycles. The van der Waals surface area contributed by atoms with E-state index in [4.69, 9.17) is 0 Å². The zero-order chi connectivity index (χ0) is 20.9. The van der Waals surface area contributed by atoms with Gasteiger partial charge < -0.3 is 10.6 Å². The third kappa shape index (κ3) is 5.90. The van der Waals surface area contributed by atoms with Gasteiger partial charge in [-0.15, -0.1) is 0 Å². The highest BCUT2D eigenvalue weighted by atomic mass is 32.2. The van der Waals surface area contributed by atoms with Crippen LogP contribution in [-0.2, 0) is 19.6 Å². The minimum Gasteiger partial charge on any atom is -0.326 e. The number of amides is 2. The molecule has 1 atom stereocenters. The second-order valence-electron chi connectivity index (χ2n) is 6.90. The molecule has 0 aromatic heterocycles. The van der Waals surface area contributed by atoms with Crippen LogP contribution in [0.3, 0.4) is 0 Å². The van der Waals surface area contributed by atoms with Crippen LogP contribution < -0.4 is 15.4 Å². The van der Waals surface area contributed by atoms with Crippen LogP contribution in [0.4, 0.5) is 11.4 Å². The second-order valence-corrected chi connectivity index (χ2v) is 8.62. The Morgan fingerprint density at radius 2 is 1.36 bits per heavy atom. The molecule has 150 valence electrons. The molecule has 28 heavy (non-hydrogen) atoms. The maximum Gasteiger partial charge on any atom is 0.242 e. The quantitative estimate of drug-likeness (QED) is 0.661. The van der Waals surface area contributed by atoms with Crippen molar-refractivity contribution in [2.24, 2.45) is 5.92 Å². The molecule has 0 bridgehead atoms. The summed E-state index contributed by atoms with van der Waals surface area (Å²) in [4.78, 5) is 23.8. The number of sulfonamides is 1. The summed E-state index contributed by atoms with van der Waals surface area (Å²) in [5.41, 5.74) is 2.05. The average molecular weight is 404 g/mol. The van der Waals surface area contributed by atoms with Crippen molar-refractivity contribution in [3.63, 3.8) is 0 Å². The van der Waals surface area contributed by atoms with Crippen LogP contribution in [-0.4, -0.2) is 26.3 Å². The molecule has 0 unspecified atom stereocenters. The molecule has 0 fully saturated rings. The van der Waals surface area contributed by atoms with Crippen LogP contribution in [0.1, 0.15) is 26.3 Å². The zero-order valence-corrected chi connectivity index (χ0v) is 17.1. The molecule has 0 heterocycles. The summed E-state index contributed by atoms with van der Waals surface area (Å²) in [5, 5.41) is 5.34. The van der Waals surface area contributed by atoms with Gasteiger partial charge in [0.2, 0.25) is 21.8 Å². The first-order valence-corrected chi connectivity index (χ1v) is 10.3. The standard InChI is InChI=1S/C20H25N3O4S/c1-13(2)19(23-28(26,27)18-11-5-14(3)6-12-18)20(25)22-17-9-7-16(8-10-17)21-15(4)24/h5-13,19,23H,1-4H3,(H,21,24)(H,22,25)/t19-/m1/s1. The lowest BCUT2D eigenvalue weighted by molar-refractivity contribution is -0.118. The van der Waals surface area contributed by atoms with Gasteiger partial charge in [0.1, 0.15) is 6.04 Å². The maximum absolute atomic E-state index is 12.7. The molecule has 0 saturated carbocycles. The van der Waals surface area contributed by atoms with Gasteiger partial charge in [-0.25, -0.2) is 8.42 Å². The molecule has 2 rings (SSSR count). The van der Waals surface area contributed by atoms with Crippen LogP contribution in [0.25, 0.3) is 0 Å². The van der Waals surface area contributed by atoms with Gasteiger partial charge in [0.05, 0.1) is 4.90 Å². The van der Waals surface area contributed by atoms with E-state index < -0.39 is 22.0 Å². The first kappa shape index (κ1) is 21.6. The van der Waals surface area contributed by atoms with Gasteiger partial charge in [0.15, 0.2) is 0 Å². The van der Waals surface area contributed by atoms with Crippen molar-refractivity contribution < 1.29 is 18.0 Å². The lowest BCUT2D eigenvalue weighted by atomic mass is 10.0. The van der Waals surface area contributed by atoms with Crippen molar-refractivity contribution in [2.45, 2.75) is 38.6 Å². The number of nitrogens with one attached hydrogen (secondary N) is 3. The highest BCUT2D eigenvalue weighted by molar-refractivity contribution is 7.89. The van der Waals surface area contributed by atoms with E-state index in [1.165, 1.54) is 19.1 Å². The summed E-state index contributed by atoms with van der Waals surface area (Å²) in [6.07, 6.45) is 0. The number of benzene rings is 2. The van der Waals surface area contributed by atoms with Gasteiger partial charge in [-0.3, -0.25) is 9.59 Å². The maximum atomic E-state index is 12.7. The molecule has 0 aliphatic heterocycles. The lowest BCUT2D eigenvalue weighted by Gasteiger charge is -2.22.